The van der Waals surface area contributed by atoms with Gasteiger partial charge < -0.3 is 19.0 Å². The van der Waals surface area contributed by atoms with Gasteiger partial charge in [0.05, 0.1) is 6.61 Å². The number of halogens is 1. The highest BCUT2D eigenvalue weighted by atomic mass is 79.9. The van der Waals surface area contributed by atoms with Gasteiger partial charge in [-0.25, -0.2) is 4.79 Å². The lowest BCUT2D eigenvalue weighted by Gasteiger charge is -2.18. The first kappa shape index (κ1) is 17.7. The lowest BCUT2D eigenvalue weighted by atomic mass is 10.0. The van der Waals surface area contributed by atoms with Crippen LogP contribution in [0.15, 0.2) is 27.8 Å². The highest BCUT2D eigenvalue weighted by molar-refractivity contribution is 9.10. The van der Waals surface area contributed by atoms with Crippen molar-refractivity contribution in [3.8, 4) is 5.75 Å². The third-order valence-corrected chi connectivity index (χ3v) is 3.69. The number of benzene rings is 1. The fourth-order valence-corrected chi connectivity index (χ4v) is 2.53. The van der Waals surface area contributed by atoms with Crippen LogP contribution in [-0.2, 0) is 19.1 Å². The number of esters is 1. The molecule has 2 rings (SSSR count). The maximum absolute atomic E-state index is 11.8. The minimum absolute atomic E-state index is 0.255. The predicted molar refractivity (Wildman–Crippen MR) is 88.8 cm³/mol. The molecular formula is C16H20BrNO5. The minimum atomic E-state index is -0.719. The normalized spacial score (nSPS) is 18.1. The van der Waals surface area contributed by atoms with Crippen molar-refractivity contribution in [1.29, 1.82) is 0 Å². The van der Waals surface area contributed by atoms with Crippen LogP contribution >= 0.6 is 15.9 Å². The maximum atomic E-state index is 11.8. The molecule has 126 valence electrons. The van der Waals surface area contributed by atoms with Gasteiger partial charge >= 0.3 is 5.97 Å². The van der Waals surface area contributed by atoms with E-state index in [-0.39, 0.29) is 6.10 Å². The summed E-state index contributed by atoms with van der Waals surface area (Å²) < 4.78 is 17.2. The molecule has 1 unspecified atom stereocenters. The molecule has 1 aliphatic rings. The Morgan fingerprint density at radius 2 is 2.22 bits per heavy atom. The van der Waals surface area contributed by atoms with Crippen LogP contribution in [0.1, 0.15) is 26.3 Å². The lowest BCUT2D eigenvalue weighted by molar-refractivity contribution is -0.150. The van der Waals surface area contributed by atoms with Crippen molar-refractivity contribution in [3.05, 3.63) is 28.2 Å². The molecule has 0 amide bonds. The first-order valence-electron chi connectivity index (χ1n) is 7.51. The van der Waals surface area contributed by atoms with Gasteiger partial charge in [0.15, 0.2) is 6.10 Å². The zero-order chi connectivity index (χ0) is 16.8. The van der Waals surface area contributed by atoms with E-state index < -0.39 is 12.1 Å². The second-order valence-corrected chi connectivity index (χ2v) is 5.78. The molecule has 1 aromatic rings. The lowest BCUT2D eigenvalue weighted by Crippen LogP contribution is -2.28. The Hall–Kier alpha value is -1.60. The molecule has 6 nitrogen and oxygen atoms in total. The van der Waals surface area contributed by atoms with E-state index in [9.17, 15) is 4.79 Å². The fraction of sp³-hybridized carbons (Fsp3) is 0.500. The predicted octanol–water partition coefficient (Wildman–Crippen LogP) is 2.92. The van der Waals surface area contributed by atoms with Crippen LogP contribution in [0.5, 0.6) is 5.75 Å². The van der Waals surface area contributed by atoms with E-state index >= 15 is 0 Å². The number of carbonyl (C=O) groups is 1. The Morgan fingerprint density at radius 3 is 2.91 bits per heavy atom. The first-order valence-corrected chi connectivity index (χ1v) is 8.30. The summed E-state index contributed by atoms with van der Waals surface area (Å²) >= 11 is 3.44. The van der Waals surface area contributed by atoms with E-state index in [0.717, 1.165) is 10.0 Å². The molecule has 0 spiro atoms. The molecule has 0 bridgehead atoms. The number of rotatable bonds is 7. The number of hydrogen-bond acceptors (Lipinski definition) is 6. The number of carbonyl (C=O) groups excluding carboxylic acids is 1. The smallest absolute Gasteiger partial charge is 0.347 e. The fourth-order valence-electron chi connectivity index (χ4n) is 2.17. The molecule has 1 heterocycles. The Kier molecular flexibility index (Phi) is 6.41. The van der Waals surface area contributed by atoms with Gasteiger partial charge in [0.1, 0.15) is 24.2 Å². The van der Waals surface area contributed by atoms with E-state index in [4.69, 9.17) is 19.0 Å². The van der Waals surface area contributed by atoms with E-state index in [1.165, 1.54) is 0 Å². The molecule has 0 aliphatic carbocycles. The third kappa shape index (κ3) is 4.45. The summed E-state index contributed by atoms with van der Waals surface area (Å²) in [6.45, 7) is 6.55. The van der Waals surface area contributed by atoms with Crippen LogP contribution in [0.3, 0.4) is 0 Å². The molecule has 1 aromatic carbocycles. The molecule has 7 heteroatoms. The molecular weight excluding hydrogens is 366 g/mol. The SMILES string of the molecule is CCOC(=O)[C@H](C)Oc1ccc(Br)cc1C1=NOCC1OCC. The van der Waals surface area contributed by atoms with Crippen LogP contribution in [0, 0.1) is 0 Å². The van der Waals surface area contributed by atoms with Crippen molar-refractivity contribution in [3.63, 3.8) is 0 Å². The van der Waals surface area contributed by atoms with Gasteiger partial charge in [-0.05, 0) is 39.0 Å². The average molecular weight is 386 g/mol. The summed E-state index contributed by atoms with van der Waals surface area (Å²) in [5, 5.41) is 4.07. The summed E-state index contributed by atoms with van der Waals surface area (Å²) in [4.78, 5) is 16.9. The molecule has 1 aliphatic heterocycles. The monoisotopic (exact) mass is 385 g/mol. The van der Waals surface area contributed by atoms with Gasteiger partial charge in [-0.2, -0.15) is 0 Å². The number of hydrogen-bond donors (Lipinski definition) is 0. The van der Waals surface area contributed by atoms with Gasteiger partial charge in [0.2, 0.25) is 0 Å². The quantitative estimate of drug-likeness (QED) is 0.675. The van der Waals surface area contributed by atoms with Gasteiger partial charge in [0, 0.05) is 16.6 Å². The first-order chi connectivity index (χ1) is 11.1. The minimum Gasteiger partial charge on any atom is -0.478 e. The van der Waals surface area contributed by atoms with E-state index in [2.05, 4.69) is 21.1 Å². The second-order valence-electron chi connectivity index (χ2n) is 4.87. The van der Waals surface area contributed by atoms with Crippen LogP contribution in [0.4, 0.5) is 0 Å². The molecule has 0 radical (unpaired) electrons. The zero-order valence-corrected chi connectivity index (χ0v) is 15.0. The Morgan fingerprint density at radius 1 is 1.43 bits per heavy atom. The summed E-state index contributed by atoms with van der Waals surface area (Å²) in [5.41, 5.74) is 1.38. The topological polar surface area (TPSA) is 66.4 Å². The summed E-state index contributed by atoms with van der Waals surface area (Å²) in [5.74, 6) is 0.120. The highest BCUT2D eigenvalue weighted by Gasteiger charge is 2.29. The highest BCUT2D eigenvalue weighted by Crippen LogP contribution is 2.28. The Balaban J connectivity index is 2.26. The van der Waals surface area contributed by atoms with Crippen molar-refractivity contribution >= 4 is 27.6 Å². The Bertz CT molecular complexity index is 590. The van der Waals surface area contributed by atoms with Crippen molar-refractivity contribution in [2.24, 2.45) is 5.16 Å². The van der Waals surface area contributed by atoms with Crippen LogP contribution < -0.4 is 4.74 Å². The average Bonchev–Trinajstić information content (AvgIpc) is 2.97. The van der Waals surface area contributed by atoms with Gasteiger partial charge in [0.25, 0.3) is 0 Å². The van der Waals surface area contributed by atoms with Crippen LogP contribution in [0.25, 0.3) is 0 Å². The van der Waals surface area contributed by atoms with Crippen molar-refractivity contribution < 1.29 is 23.8 Å². The summed E-state index contributed by atoms with van der Waals surface area (Å²) in [6, 6.07) is 5.48. The van der Waals surface area contributed by atoms with Gasteiger partial charge in [-0.15, -0.1) is 0 Å². The number of oxime groups is 1. The molecule has 0 saturated carbocycles. The van der Waals surface area contributed by atoms with Gasteiger partial charge in [-0.1, -0.05) is 21.1 Å². The van der Waals surface area contributed by atoms with Crippen molar-refractivity contribution in [1.82, 2.24) is 0 Å². The molecule has 0 saturated heterocycles. The van der Waals surface area contributed by atoms with Gasteiger partial charge in [-0.3, -0.25) is 0 Å². The zero-order valence-electron chi connectivity index (χ0n) is 13.4. The summed E-state index contributed by atoms with van der Waals surface area (Å²) in [7, 11) is 0. The van der Waals surface area contributed by atoms with Crippen molar-refractivity contribution in [2.45, 2.75) is 33.0 Å². The molecule has 0 N–H and O–H groups in total. The number of ether oxygens (including phenoxy) is 3. The summed E-state index contributed by atoms with van der Waals surface area (Å²) in [6.07, 6.45) is -0.974. The third-order valence-electron chi connectivity index (χ3n) is 3.20. The molecule has 2 atom stereocenters. The van der Waals surface area contributed by atoms with E-state index in [1.807, 2.05) is 19.1 Å². The van der Waals surface area contributed by atoms with E-state index in [1.54, 1.807) is 19.9 Å². The van der Waals surface area contributed by atoms with Crippen LogP contribution in [0.2, 0.25) is 0 Å². The molecule has 23 heavy (non-hydrogen) atoms. The Labute approximate surface area is 143 Å². The van der Waals surface area contributed by atoms with E-state index in [0.29, 0.717) is 31.3 Å². The second kappa shape index (κ2) is 8.31. The number of nitrogens with zero attached hydrogens (tertiary/aromatic N) is 1. The van der Waals surface area contributed by atoms with Crippen molar-refractivity contribution in [2.75, 3.05) is 19.8 Å². The van der Waals surface area contributed by atoms with Crippen LogP contribution in [-0.4, -0.2) is 43.7 Å². The molecule has 0 fully saturated rings. The molecule has 0 aromatic heterocycles. The largest absolute Gasteiger partial charge is 0.478 e. The maximum Gasteiger partial charge on any atom is 0.347 e. The standard InChI is InChI=1S/C16H20BrNO5/c1-4-20-14-9-22-18-15(14)12-8-11(17)6-7-13(12)23-10(3)16(19)21-5-2/h6-8,10,14H,4-5,9H2,1-3H3/t10-,14?/m0/s1.